The van der Waals surface area contributed by atoms with Crippen LogP contribution >= 0.6 is 12.2 Å². The van der Waals surface area contributed by atoms with Gasteiger partial charge in [0.1, 0.15) is 0 Å². The molecule has 0 aliphatic carbocycles. The minimum absolute atomic E-state index is 0.0991. The summed E-state index contributed by atoms with van der Waals surface area (Å²) in [4.78, 5) is 33.8. The Balaban J connectivity index is 1.68. The third kappa shape index (κ3) is 2.77. The van der Waals surface area contributed by atoms with Crippen molar-refractivity contribution in [3.8, 4) is 0 Å². The molecule has 1 aromatic carbocycles. The number of hydrogen-bond acceptors (Lipinski definition) is 5. The zero-order chi connectivity index (χ0) is 17.6. The van der Waals surface area contributed by atoms with Crippen LogP contribution in [0.15, 0.2) is 29.2 Å². The number of fused-ring (bicyclic) bond motifs is 2. The van der Waals surface area contributed by atoms with Crippen molar-refractivity contribution in [1.29, 1.82) is 0 Å². The quantitative estimate of drug-likeness (QED) is 0.379. The fourth-order valence-corrected chi connectivity index (χ4v) is 3.63. The van der Waals surface area contributed by atoms with Crippen molar-refractivity contribution >= 4 is 28.8 Å². The van der Waals surface area contributed by atoms with Crippen molar-refractivity contribution in [2.45, 2.75) is 19.5 Å². The van der Waals surface area contributed by atoms with Crippen molar-refractivity contribution in [2.24, 2.45) is 0 Å². The summed E-state index contributed by atoms with van der Waals surface area (Å²) in [6.45, 7) is 1.81. The van der Waals surface area contributed by atoms with E-state index in [9.17, 15) is 14.9 Å². The SMILES string of the molecule is O=c1[nH]c(=S)[nH]c2c1CCN(Cc1c[nH]c3cccc([N+](=O)[O-])c13)C2. The molecule has 3 heterocycles. The average molecular weight is 357 g/mol. The number of nitro benzene ring substituents is 1. The smallest absolute Gasteiger partial charge is 0.279 e. The maximum absolute atomic E-state index is 12.0. The fraction of sp³-hybridized carbons (Fsp3) is 0.250. The summed E-state index contributed by atoms with van der Waals surface area (Å²) in [5, 5.41) is 12.0. The van der Waals surface area contributed by atoms with E-state index in [-0.39, 0.29) is 16.2 Å². The van der Waals surface area contributed by atoms with Crippen molar-refractivity contribution in [3.05, 3.63) is 66.5 Å². The van der Waals surface area contributed by atoms with Crippen LogP contribution < -0.4 is 5.56 Å². The molecule has 0 spiro atoms. The number of aromatic nitrogens is 3. The highest BCUT2D eigenvalue weighted by Crippen LogP contribution is 2.30. The van der Waals surface area contributed by atoms with Crippen molar-refractivity contribution in [3.63, 3.8) is 0 Å². The van der Waals surface area contributed by atoms with Crippen LogP contribution in [0.4, 0.5) is 5.69 Å². The number of benzene rings is 1. The van der Waals surface area contributed by atoms with Gasteiger partial charge in [0.25, 0.3) is 11.2 Å². The zero-order valence-corrected chi connectivity index (χ0v) is 14.0. The Morgan fingerprint density at radius 3 is 2.96 bits per heavy atom. The van der Waals surface area contributed by atoms with Gasteiger partial charge in [0.2, 0.25) is 0 Å². The highest BCUT2D eigenvalue weighted by molar-refractivity contribution is 7.71. The summed E-state index contributed by atoms with van der Waals surface area (Å²) < 4.78 is 0.313. The summed E-state index contributed by atoms with van der Waals surface area (Å²) in [6, 6.07) is 5.01. The summed E-state index contributed by atoms with van der Waals surface area (Å²) in [7, 11) is 0. The Morgan fingerprint density at radius 1 is 1.32 bits per heavy atom. The molecule has 25 heavy (non-hydrogen) atoms. The maximum atomic E-state index is 12.0. The molecular formula is C16H15N5O3S. The third-order valence-corrected chi connectivity index (χ3v) is 4.75. The Bertz CT molecular complexity index is 1100. The van der Waals surface area contributed by atoms with E-state index in [1.54, 1.807) is 6.07 Å². The lowest BCUT2D eigenvalue weighted by atomic mass is 10.1. The van der Waals surface area contributed by atoms with Crippen LogP contribution in [0.25, 0.3) is 10.9 Å². The van der Waals surface area contributed by atoms with Crippen LogP contribution in [0.2, 0.25) is 0 Å². The molecule has 8 nitrogen and oxygen atoms in total. The van der Waals surface area contributed by atoms with E-state index < -0.39 is 0 Å². The van der Waals surface area contributed by atoms with E-state index in [4.69, 9.17) is 12.2 Å². The van der Waals surface area contributed by atoms with E-state index in [1.165, 1.54) is 6.07 Å². The first-order chi connectivity index (χ1) is 12.0. The molecule has 3 N–H and O–H groups in total. The summed E-state index contributed by atoms with van der Waals surface area (Å²) in [5.74, 6) is 0. The molecule has 0 unspecified atom stereocenters. The number of nitrogens with zero attached hydrogens (tertiary/aromatic N) is 2. The van der Waals surface area contributed by atoms with Crippen LogP contribution in [0, 0.1) is 14.9 Å². The molecule has 0 amide bonds. The fourth-order valence-electron chi connectivity index (χ4n) is 3.42. The van der Waals surface area contributed by atoms with Crippen LogP contribution in [-0.4, -0.2) is 31.3 Å². The number of non-ortho nitro benzene ring substituents is 1. The number of nitro groups is 1. The molecule has 0 atom stereocenters. The van der Waals surface area contributed by atoms with Gasteiger partial charge in [-0.15, -0.1) is 0 Å². The molecule has 128 valence electrons. The van der Waals surface area contributed by atoms with Gasteiger partial charge in [-0.05, 0) is 30.3 Å². The predicted octanol–water partition coefficient (Wildman–Crippen LogP) is 2.38. The molecule has 3 aromatic rings. The lowest BCUT2D eigenvalue weighted by Gasteiger charge is -2.27. The second kappa shape index (κ2) is 5.94. The number of nitrogens with one attached hydrogen (secondary N) is 3. The van der Waals surface area contributed by atoms with E-state index in [0.29, 0.717) is 36.2 Å². The summed E-state index contributed by atoms with van der Waals surface area (Å²) in [6.07, 6.45) is 2.43. The van der Waals surface area contributed by atoms with Gasteiger partial charge in [-0.25, -0.2) is 0 Å². The van der Waals surface area contributed by atoms with Gasteiger partial charge in [-0.1, -0.05) is 6.07 Å². The van der Waals surface area contributed by atoms with Gasteiger partial charge in [0.15, 0.2) is 4.77 Å². The van der Waals surface area contributed by atoms with E-state index >= 15 is 0 Å². The highest BCUT2D eigenvalue weighted by atomic mass is 32.1. The lowest BCUT2D eigenvalue weighted by molar-refractivity contribution is -0.383. The standard InChI is InChI=1S/C16H15N5O3S/c22-15-10-4-5-20(8-12(10)18-16(25)19-15)7-9-6-17-11-2-1-3-13(14(9)11)21(23)24/h1-3,6,17H,4-5,7-8H2,(H2,18,19,22,25). The van der Waals surface area contributed by atoms with Gasteiger partial charge < -0.3 is 9.97 Å². The molecule has 2 aromatic heterocycles. The van der Waals surface area contributed by atoms with Gasteiger partial charge >= 0.3 is 0 Å². The minimum Gasteiger partial charge on any atom is -0.361 e. The molecule has 0 saturated heterocycles. The monoisotopic (exact) mass is 357 g/mol. The third-order valence-electron chi connectivity index (χ3n) is 4.55. The van der Waals surface area contributed by atoms with Gasteiger partial charge in [-0.2, -0.15) is 0 Å². The normalized spacial score (nSPS) is 14.6. The van der Waals surface area contributed by atoms with Gasteiger partial charge in [0, 0.05) is 43.2 Å². The maximum Gasteiger partial charge on any atom is 0.279 e. The van der Waals surface area contributed by atoms with Crippen molar-refractivity contribution in [1.82, 2.24) is 19.9 Å². The zero-order valence-electron chi connectivity index (χ0n) is 13.2. The first kappa shape index (κ1) is 15.7. The molecule has 0 bridgehead atoms. The molecule has 9 heteroatoms. The summed E-state index contributed by atoms with van der Waals surface area (Å²) >= 11 is 5.04. The molecule has 0 fully saturated rings. The summed E-state index contributed by atoms with van der Waals surface area (Å²) in [5.41, 5.74) is 3.12. The Kier molecular flexibility index (Phi) is 3.74. The van der Waals surface area contributed by atoms with E-state index in [0.717, 1.165) is 22.3 Å². The highest BCUT2D eigenvalue weighted by Gasteiger charge is 2.22. The van der Waals surface area contributed by atoms with Crippen LogP contribution in [0.3, 0.4) is 0 Å². The second-order valence-electron chi connectivity index (χ2n) is 6.10. The molecule has 1 aliphatic heterocycles. The van der Waals surface area contributed by atoms with Crippen LogP contribution in [0.1, 0.15) is 16.8 Å². The number of rotatable bonds is 3. The number of hydrogen-bond donors (Lipinski definition) is 3. The van der Waals surface area contributed by atoms with E-state index in [2.05, 4.69) is 19.9 Å². The average Bonchev–Trinajstić information content (AvgIpc) is 2.97. The molecule has 0 radical (unpaired) electrons. The second-order valence-corrected chi connectivity index (χ2v) is 6.50. The lowest BCUT2D eigenvalue weighted by Crippen LogP contribution is -2.34. The molecular weight excluding hydrogens is 342 g/mol. The van der Waals surface area contributed by atoms with Gasteiger partial charge in [-0.3, -0.25) is 24.8 Å². The number of H-pyrrole nitrogens is 3. The Morgan fingerprint density at radius 2 is 2.16 bits per heavy atom. The first-order valence-electron chi connectivity index (χ1n) is 7.83. The minimum atomic E-state index is -0.359. The van der Waals surface area contributed by atoms with E-state index in [1.807, 2.05) is 12.3 Å². The molecule has 0 saturated carbocycles. The van der Waals surface area contributed by atoms with Crippen LogP contribution in [-0.2, 0) is 19.5 Å². The topological polar surface area (TPSA) is 111 Å². The molecule has 1 aliphatic rings. The largest absolute Gasteiger partial charge is 0.361 e. The van der Waals surface area contributed by atoms with Crippen molar-refractivity contribution in [2.75, 3.05) is 6.54 Å². The Labute approximate surface area is 146 Å². The predicted molar refractivity (Wildman–Crippen MR) is 95.0 cm³/mol. The van der Waals surface area contributed by atoms with Gasteiger partial charge in [0.05, 0.1) is 15.8 Å². The Hall–Kier alpha value is -2.78. The van der Waals surface area contributed by atoms with Crippen LogP contribution in [0.5, 0.6) is 0 Å². The number of aromatic amines is 3. The first-order valence-corrected chi connectivity index (χ1v) is 8.24. The molecule has 4 rings (SSSR count). The van der Waals surface area contributed by atoms with Crippen molar-refractivity contribution < 1.29 is 4.92 Å².